The van der Waals surface area contributed by atoms with Crippen molar-refractivity contribution in [1.29, 1.82) is 0 Å². The van der Waals surface area contributed by atoms with Crippen LogP contribution in [0.3, 0.4) is 0 Å². The van der Waals surface area contributed by atoms with Crippen molar-refractivity contribution < 1.29 is 9.52 Å². The number of benzene rings is 1. The van der Waals surface area contributed by atoms with Crippen LogP contribution in [0.4, 0.5) is 0 Å². The minimum Gasteiger partial charge on any atom is -0.461 e. The largest absolute Gasteiger partial charge is 0.461 e. The summed E-state index contributed by atoms with van der Waals surface area (Å²) in [7, 11) is 0. The highest BCUT2D eigenvalue weighted by atomic mass is 16.3. The zero-order chi connectivity index (χ0) is 11.4. The van der Waals surface area contributed by atoms with E-state index in [9.17, 15) is 0 Å². The third-order valence-corrected chi connectivity index (χ3v) is 2.71. The first-order chi connectivity index (χ1) is 7.83. The molecule has 3 nitrogen and oxygen atoms in total. The molecule has 3 heteroatoms. The van der Waals surface area contributed by atoms with Crippen LogP contribution in [0.1, 0.15) is 17.7 Å². The fourth-order valence-corrected chi connectivity index (χ4v) is 1.86. The molecule has 1 heterocycles. The fourth-order valence-electron chi connectivity index (χ4n) is 1.86. The van der Waals surface area contributed by atoms with Gasteiger partial charge >= 0.3 is 0 Å². The topological polar surface area (TPSA) is 45.4 Å². The molecule has 1 aromatic carbocycles. The summed E-state index contributed by atoms with van der Waals surface area (Å²) in [5.41, 5.74) is 2.16. The van der Waals surface area contributed by atoms with Crippen LogP contribution < -0.4 is 5.32 Å². The molecule has 2 aromatic rings. The summed E-state index contributed by atoms with van der Waals surface area (Å²) in [6, 6.07) is 8.07. The highest BCUT2D eigenvalue weighted by molar-refractivity contribution is 5.82. The highest BCUT2D eigenvalue weighted by Gasteiger charge is 2.08. The molecule has 16 heavy (non-hydrogen) atoms. The summed E-state index contributed by atoms with van der Waals surface area (Å²) >= 11 is 0. The predicted molar refractivity (Wildman–Crippen MR) is 64.4 cm³/mol. The van der Waals surface area contributed by atoms with E-state index in [4.69, 9.17) is 9.52 Å². The predicted octanol–water partition coefficient (Wildman–Crippen LogP) is 2.21. The molecule has 0 spiro atoms. The Balaban J connectivity index is 2.13. The summed E-state index contributed by atoms with van der Waals surface area (Å²) < 4.78 is 5.67. The Morgan fingerprint density at radius 3 is 2.94 bits per heavy atom. The Kier molecular flexibility index (Phi) is 3.59. The molecule has 0 aliphatic rings. The van der Waals surface area contributed by atoms with Gasteiger partial charge in [-0.2, -0.15) is 0 Å². The summed E-state index contributed by atoms with van der Waals surface area (Å²) in [4.78, 5) is 0. The van der Waals surface area contributed by atoms with Gasteiger partial charge in [0.25, 0.3) is 0 Å². The average molecular weight is 219 g/mol. The van der Waals surface area contributed by atoms with E-state index in [2.05, 4.69) is 11.4 Å². The van der Waals surface area contributed by atoms with E-state index >= 15 is 0 Å². The highest BCUT2D eigenvalue weighted by Crippen LogP contribution is 2.24. The number of furan rings is 1. The Morgan fingerprint density at radius 1 is 1.31 bits per heavy atom. The van der Waals surface area contributed by atoms with Gasteiger partial charge in [0.2, 0.25) is 0 Å². The minimum atomic E-state index is 0.234. The van der Waals surface area contributed by atoms with E-state index < -0.39 is 0 Å². The average Bonchev–Trinajstić information content (AvgIpc) is 2.61. The second-order valence-electron chi connectivity index (χ2n) is 3.89. The lowest BCUT2D eigenvalue weighted by atomic mass is 10.1. The minimum absolute atomic E-state index is 0.234. The maximum Gasteiger partial charge on any atom is 0.134 e. The van der Waals surface area contributed by atoms with Gasteiger partial charge in [0.05, 0.1) is 0 Å². The molecule has 2 N–H and O–H groups in total. The maximum atomic E-state index is 8.69. The smallest absolute Gasteiger partial charge is 0.134 e. The van der Waals surface area contributed by atoms with Gasteiger partial charge in [-0.1, -0.05) is 18.2 Å². The van der Waals surface area contributed by atoms with E-state index in [-0.39, 0.29) is 6.61 Å². The Bertz CT molecular complexity index is 462. The van der Waals surface area contributed by atoms with Crippen LogP contribution in [0.2, 0.25) is 0 Å². The molecule has 0 aliphatic heterocycles. The number of para-hydroxylation sites is 1. The van der Waals surface area contributed by atoms with Crippen LogP contribution in [-0.4, -0.2) is 18.3 Å². The van der Waals surface area contributed by atoms with Crippen molar-refractivity contribution in [1.82, 2.24) is 5.32 Å². The van der Waals surface area contributed by atoms with Crippen LogP contribution in [-0.2, 0) is 6.54 Å². The normalized spacial score (nSPS) is 11.1. The van der Waals surface area contributed by atoms with Crippen molar-refractivity contribution in [2.75, 3.05) is 13.2 Å². The summed E-state index contributed by atoms with van der Waals surface area (Å²) in [6.45, 7) is 3.85. The first-order valence-corrected chi connectivity index (χ1v) is 5.61. The van der Waals surface area contributed by atoms with E-state index in [1.807, 2.05) is 25.1 Å². The van der Waals surface area contributed by atoms with Crippen LogP contribution in [0.5, 0.6) is 0 Å². The fraction of sp³-hybridized carbons (Fsp3) is 0.385. The van der Waals surface area contributed by atoms with Gasteiger partial charge in [-0.05, 0) is 26.0 Å². The van der Waals surface area contributed by atoms with E-state index in [1.165, 1.54) is 10.9 Å². The lowest BCUT2D eigenvalue weighted by Crippen LogP contribution is -2.15. The first kappa shape index (κ1) is 11.2. The molecule has 0 aliphatic carbocycles. The van der Waals surface area contributed by atoms with Gasteiger partial charge in [-0.15, -0.1) is 0 Å². The van der Waals surface area contributed by atoms with Gasteiger partial charge in [-0.3, -0.25) is 0 Å². The molecule has 2 rings (SSSR count). The summed E-state index contributed by atoms with van der Waals surface area (Å²) in [5, 5.41) is 13.2. The molecule has 0 bridgehead atoms. The number of fused-ring (bicyclic) bond motifs is 1. The molecule has 86 valence electrons. The summed E-state index contributed by atoms with van der Waals surface area (Å²) in [5.74, 6) is 0.970. The Morgan fingerprint density at radius 2 is 2.12 bits per heavy atom. The third kappa shape index (κ3) is 2.26. The molecule has 1 aromatic heterocycles. The third-order valence-electron chi connectivity index (χ3n) is 2.71. The Hall–Kier alpha value is -1.32. The first-order valence-electron chi connectivity index (χ1n) is 5.61. The number of aliphatic hydroxyl groups is 1. The number of aryl methyl sites for hydroxylation is 1. The second kappa shape index (κ2) is 5.14. The lowest BCUT2D eigenvalue weighted by Gasteiger charge is -2.02. The molecule has 0 saturated carbocycles. The molecule has 0 atom stereocenters. The lowest BCUT2D eigenvalue weighted by molar-refractivity contribution is 0.286. The SMILES string of the molecule is Cc1oc2ccccc2c1CNCCCO. The number of rotatable bonds is 5. The second-order valence-corrected chi connectivity index (χ2v) is 3.89. The number of hydrogen-bond acceptors (Lipinski definition) is 3. The van der Waals surface area contributed by atoms with Crippen molar-refractivity contribution >= 4 is 11.0 Å². The summed E-state index contributed by atoms with van der Waals surface area (Å²) in [6.07, 6.45) is 0.787. The van der Waals surface area contributed by atoms with Crippen LogP contribution >= 0.6 is 0 Å². The van der Waals surface area contributed by atoms with E-state index in [0.29, 0.717) is 0 Å². The van der Waals surface area contributed by atoms with Crippen molar-refractivity contribution in [3.8, 4) is 0 Å². The molecule has 0 fully saturated rings. The van der Waals surface area contributed by atoms with Crippen molar-refractivity contribution in [2.24, 2.45) is 0 Å². The number of hydrogen-bond donors (Lipinski definition) is 2. The van der Waals surface area contributed by atoms with Gasteiger partial charge in [0.1, 0.15) is 11.3 Å². The molecule has 0 amide bonds. The Labute approximate surface area is 95.1 Å². The van der Waals surface area contributed by atoms with Crippen LogP contribution in [0, 0.1) is 6.92 Å². The maximum absolute atomic E-state index is 8.69. The zero-order valence-corrected chi connectivity index (χ0v) is 9.49. The van der Waals surface area contributed by atoms with Gasteiger partial charge in [0, 0.05) is 24.1 Å². The number of aliphatic hydroxyl groups excluding tert-OH is 1. The van der Waals surface area contributed by atoms with Gasteiger partial charge in [-0.25, -0.2) is 0 Å². The molecule has 0 radical (unpaired) electrons. The van der Waals surface area contributed by atoms with Gasteiger partial charge in [0.15, 0.2) is 0 Å². The molecule has 0 unspecified atom stereocenters. The van der Waals surface area contributed by atoms with Crippen molar-refractivity contribution in [3.05, 3.63) is 35.6 Å². The van der Waals surface area contributed by atoms with E-state index in [0.717, 1.165) is 30.9 Å². The molecular weight excluding hydrogens is 202 g/mol. The quantitative estimate of drug-likeness (QED) is 0.758. The number of nitrogens with one attached hydrogen (secondary N) is 1. The van der Waals surface area contributed by atoms with Crippen molar-refractivity contribution in [3.63, 3.8) is 0 Å². The van der Waals surface area contributed by atoms with Gasteiger partial charge < -0.3 is 14.8 Å². The van der Waals surface area contributed by atoms with Crippen molar-refractivity contribution in [2.45, 2.75) is 19.9 Å². The zero-order valence-electron chi connectivity index (χ0n) is 9.49. The monoisotopic (exact) mass is 219 g/mol. The van der Waals surface area contributed by atoms with Crippen LogP contribution in [0.25, 0.3) is 11.0 Å². The van der Waals surface area contributed by atoms with E-state index in [1.54, 1.807) is 0 Å². The standard InChI is InChI=1S/C13H17NO2/c1-10-12(9-14-7-4-8-15)11-5-2-3-6-13(11)16-10/h2-3,5-6,14-15H,4,7-9H2,1H3. The van der Waals surface area contributed by atoms with Crippen LogP contribution in [0.15, 0.2) is 28.7 Å². The molecule has 0 saturated heterocycles. The molecular formula is C13H17NO2.